The number of hydrogen-bond acceptors (Lipinski definition) is 5. The summed E-state index contributed by atoms with van der Waals surface area (Å²) in [6.45, 7) is 2.14. The summed E-state index contributed by atoms with van der Waals surface area (Å²) in [6, 6.07) is 0.425. The van der Waals surface area contributed by atoms with Gasteiger partial charge in [0.25, 0.3) is 0 Å². The highest BCUT2D eigenvalue weighted by Gasteiger charge is 2.05. The van der Waals surface area contributed by atoms with Crippen molar-refractivity contribution in [3.63, 3.8) is 0 Å². The van der Waals surface area contributed by atoms with Gasteiger partial charge in [-0.15, -0.1) is 0 Å². The van der Waals surface area contributed by atoms with Crippen LogP contribution in [0.3, 0.4) is 0 Å². The number of rotatable bonds is 5. The standard InChI is InChI=1S/C9H16N4S/c1-3-8(6-14-2)13-9-11-4-7(10)5-12-9/h4-5,8H,3,6,10H2,1-2H3,(H,11,12,13). The van der Waals surface area contributed by atoms with E-state index in [4.69, 9.17) is 5.73 Å². The summed E-state index contributed by atoms with van der Waals surface area (Å²) in [5.41, 5.74) is 6.08. The third kappa shape index (κ3) is 3.41. The smallest absolute Gasteiger partial charge is 0.222 e. The summed E-state index contributed by atoms with van der Waals surface area (Å²) in [6.07, 6.45) is 6.38. The van der Waals surface area contributed by atoms with Gasteiger partial charge < -0.3 is 11.1 Å². The Balaban J connectivity index is 2.53. The number of nitrogens with two attached hydrogens (primary N) is 1. The quantitative estimate of drug-likeness (QED) is 0.776. The lowest BCUT2D eigenvalue weighted by atomic mass is 10.3. The van der Waals surface area contributed by atoms with Gasteiger partial charge in [-0.25, -0.2) is 9.97 Å². The molecular formula is C9H16N4S. The average molecular weight is 212 g/mol. The fourth-order valence-corrected chi connectivity index (χ4v) is 1.78. The first-order valence-electron chi connectivity index (χ1n) is 4.59. The van der Waals surface area contributed by atoms with E-state index in [-0.39, 0.29) is 0 Å². The molecule has 0 aliphatic heterocycles. The van der Waals surface area contributed by atoms with Crippen LogP contribution in [0, 0.1) is 0 Å². The molecule has 0 aliphatic carbocycles. The van der Waals surface area contributed by atoms with E-state index in [1.807, 2.05) is 11.8 Å². The average Bonchev–Trinajstić information content (AvgIpc) is 2.20. The molecule has 4 nitrogen and oxygen atoms in total. The third-order valence-electron chi connectivity index (χ3n) is 1.87. The van der Waals surface area contributed by atoms with Gasteiger partial charge in [0.1, 0.15) is 0 Å². The van der Waals surface area contributed by atoms with Crippen molar-refractivity contribution < 1.29 is 0 Å². The third-order valence-corrected chi connectivity index (χ3v) is 2.60. The molecule has 78 valence electrons. The zero-order valence-corrected chi connectivity index (χ0v) is 9.34. The zero-order valence-electron chi connectivity index (χ0n) is 8.53. The Morgan fingerprint density at radius 1 is 1.50 bits per heavy atom. The Kier molecular flexibility index (Phi) is 4.52. The van der Waals surface area contributed by atoms with Crippen LogP contribution >= 0.6 is 11.8 Å². The number of thioether (sulfide) groups is 1. The molecule has 0 saturated carbocycles. The molecule has 0 aromatic carbocycles. The number of nitrogens with zero attached hydrogens (tertiary/aromatic N) is 2. The van der Waals surface area contributed by atoms with Crippen molar-refractivity contribution in [3.05, 3.63) is 12.4 Å². The number of hydrogen-bond donors (Lipinski definition) is 2. The van der Waals surface area contributed by atoms with E-state index in [9.17, 15) is 0 Å². The summed E-state index contributed by atoms with van der Waals surface area (Å²) in [4.78, 5) is 8.18. The second-order valence-corrected chi connectivity index (χ2v) is 3.96. The highest BCUT2D eigenvalue weighted by molar-refractivity contribution is 7.98. The van der Waals surface area contributed by atoms with Gasteiger partial charge in [0, 0.05) is 11.8 Å². The van der Waals surface area contributed by atoms with Crippen LogP contribution in [0.2, 0.25) is 0 Å². The maximum absolute atomic E-state index is 5.49. The number of aromatic nitrogens is 2. The Morgan fingerprint density at radius 3 is 2.64 bits per heavy atom. The van der Waals surface area contributed by atoms with Crippen LogP contribution in [0.5, 0.6) is 0 Å². The molecular weight excluding hydrogens is 196 g/mol. The van der Waals surface area contributed by atoms with E-state index < -0.39 is 0 Å². The Labute approximate surface area is 88.7 Å². The van der Waals surface area contributed by atoms with Crippen molar-refractivity contribution in [2.75, 3.05) is 23.1 Å². The zero-order chi connectivity index (χ0) is 10.4. The minimum atomic E-state index is 0.425. The fourth-order valence-electron chi connectivity index (χ4n) is 1.06. The van der Waals surface area contributed by atoms with Gasteiger partial charge in [-0.05, 0) is 12.7 Å². The van der Waals surface area contributed by atoms with Crippen LogP contribution in [0.15, 0.2) is 12.4 Å². The van der Waals surface area contributed by atoms with Gasteiger partial charge in [-0.2, -0.15) is 11.8 Å². The Bertz CT molecular complexity index is 262. The fraction of sp³-hybridized carbons (Fsp3) is 0.556. The molecule has 14 heavy (non-hydrogen) atoms. The Morgan fingerprint density at radius 2 is 2.14 bits per heavy atom. The molecule has 1 atom stereocenters. The van der Waals surface area contributed by atoms with E-state index in [1.165, 1.54) is 0 Å². The van der Waals surface area contributed by atoms with Crippen LogP contribution in [0.1, 0.15) is 13.3 Å². The normalized spacial score (nSPS) is 12.4. The molecule has 1 aromatic heterocycles. The van der Waals surface area contributed by atoms with Gasteiger partial charge in [-0.3, -0.25) is 0 Å². The van der Waals surface area contributed by atoms with E-state index in [1.54, 1.807) is 12.4 Å². The molecule has 1 rings (SSSR count). The van der Waals surface area contributed by atoms with Crippen molar-refractivity contribution in [3.8, 4) is 0 Å². The van der Waals surface area contributed by atoms with Gasteiger partial charge in [0.15, 0.2) is 0 Å². The largest absolute Gasteiger partial charge is 0.396 e. The van der Waals surface area contributed by atoms with E-state index in [0.717, 1.165) is 12.2 Å². The van der Waals surface area contributed by atoms with E-state index in [2.05, 4.69) is 28.5 Å². The van der Waals surface area contributed by atoms with Crippen LogP contribution < -0.4 is 11.1 Å². The van der Waals surface area contributed by atoms with Crippen LogP contribution in [0.25, 0.3) is 0 Å². The highest BCUT2D eigenvalue weighted by Crippen LogP contribution is 2.08. The van der Waals surface area contributed by atoms with Crippen LogP contribution in [0.4, 0.5) is 11.6 Å². The summed E-state index contributed by atoms with van der Waals surface area (Å²) < 4.78 is 0. The van der Waals surface area contributed by atoms with Crippen molar-refractivity contribution in [2.24, 2.45) is 0 Å². The molecule has 1 unspecified atom stereocenters. The SMILES string of the molecule is CCC(CSC)Nc1ncc(N)cn1. The Hall–Kier alpha value is -0.970. The molecule has 0 spiro atoms. The lowest BCUT2D eigenvalue weighted by Crippen LogP contribution is -2.22. The maximum Gasteiger partial charge on any atom is 0.222 e. The summed E-state index contributed by atoms with van der Waals surface area (Å²) >= 11 is 1.81. The number of nitrogens with one attached hydrogen (secondary N) is 1. The summed E-state index contributed by atoms with van der Waals surface area (Å²) in [5.74, 6) is 1.71. The molecule has 1 aromatic rings. The number of nitrogen functional groups attached to an aromatic ring is 1. The molecule has 0 amide bonds. The first-order valence-corrected chi connectivity index (χ1v) is 5.98. The predicted molar refractivity (Wildman–Crippen MR) is 62.5 cm³/mol. The monoisotopic (exact) mass is 212 g/mol. The number of anilines is 2. The summed E-state index contributed by atoms with van der Waals surface area (Å²) in [5, 5.41) is 3.26. The second-order valence-electron chi connectivity index (χ2n) is 3.04. The van der Waals surface area contributed by atoms with E-state index in [0.29, 0.717) is 17.7 Å². The van der Waals surface area contributed by atoms with Gasteiger partial charge in [0.2, 0.25) is 5.95 Å². The van der Waals surface area contributed by atoms with Crippen LogP contribution in [-0.2, 0) is 0 Å². The predicted octanol–water partition coefficient (Wildman–Crippen LogP) is 1.61. The van der Waals surface area contributed by atoms with Crippen molar-refractivity contribution in [1.82, 2.24) is 9.97 Å². The van der Waals surface area contributed by atoms with Gasteiger partial charge in [-0.1, -0.05) is 6.92 Å². The first-order chi connectivity index (χ1) is 6.76. The van der Waals surface area contributed by atoms with Gasteiger partial charge >= 0.3 is 0 Å². The molecule has 1 heterocycles. The van der Waals surface area contributed by atoms with Gasteiger partial charge in [0.05, 0.1) is 18.1 Å². The highest BCUT2D eigenvalue weighted by atomic mass is 32.2. The molecule has 5 heteroatoms. The molecule has 0 aliphatic rings. The molecule has 3 N–H and O–H groups in total. The van der Waals surface area contributed by atoms with Crippen molar-refractivity contribution in [2.45, 2.75) is 19.4 Å². The molecule has 0 bridgehead atoms. The van der Waals surface area contributed by atoms with E-state index >= 15 is 0 Å². The maximum atomic E-state index is 5.49. The summed E-state index contributed by atoms with van der Waals surface area (Å²) in [7, 11) is 0. The molecule has 0 saturated heterocycles. The minimum absolute atomic E-state index is 0.425. The molecule has 0 radical (unpaired) electrons. The lowest BCUT2D eigenvalue weighted by molar-refractivity contribution is 0.763. The van der Waals surface area contributed by atoms with Crippen molar-refractivity contribution in [1.29, 1.82) is 0 Å². The molecule has 0 fully saturated rings. The first kappa shape index (κ1) is 11.1. The van der Waals surface area contributed by atoms with Crippen molar-refractivity contribution >= 4 is 23.4 Å². The van der Waals surface area contributed by atoms with Crippen LogP contribution in [-0.4, -0.2) is 28.0 Å². The second kappa shape index (κ2) is 5.70. The minimum Gasteiger partial charge on any atom is -0.396 e. The topological polar surface area (TPSA) is 63.8 Å². The lowest BCUT2D eigenvalue weighted by Gasteiger charge is -2.15.